The normalized spacial score (nSPS) is 9.39. The Labute approximate surface area is 203 Å². The first kappa shape index (κ1) is 37.4. The SMILES string of the molecule is CCCCCCCC(=O)[O-].CCCCCCCC(=O)[O-].CCCCCCCC(=O)[O-].[Rh+2]. The van der Waals surface area contributed by atoms with Gasteiger partial charge in [-0.3, -0.25) is 0 Å². The zero-order chi connectivity index (χ0) is 23.5. The van der Waals surface area contributed by atoms with Crippen molar-refractivity contribution in [2.45, 2.75) is 136 Å². The van der Waals surface area contributed by atoms with Crippen molar-refractivity contribution < 1.29 is 49.2 Å². The molecular weight excluding hydrogens is 487 g/mol. The van der Waals surface area contributed by atoms with Crippen LogP contribution in [-0.4, -0.2) is 17.9 Å². The average Bonchev–Trinajstić information content (AvgIpc) is 2.68. The molecule has 187 valence electrons. The van der Waals surface area contributed by atoms with E-state index >= 15 is 0 Å². The maximum Gasteiger partial charge on any atom is 2.00 e. The fourth-order valence-corrected chi connectivity index (χ4v) is 2.62. The minimum absolute atomic E-state index is 0. The van der Waals surface area contributed by atoms with E-state index < -0.39 is 17.9 Å². The Morgan fingerprint density at radius 3 is 0.774 bits per heavy atom. The molecule has 1 radical (unpaired) electrons. The van der Waals surface area contributed by atoms with Crippen molar-refractivity contribution in [3.63, 3.8) is 0 Å². The van der Waals surface area contributed by atoms with Crippen LogP contribution in [0.4, 0.5) is 0 Å². The standard InChI is InChI=1S/3C8H16O2.Rh/c3*1-2-3-4-5-6-7-8(9)10;/h3*2-7H2,1H3,(H,9,10);/q;;;+2/p-3. The Kier molecular flexibility index (Phi) is 40.6. The number of aliphatic carboxylic acids is 3. The fourth-order valence-electron chi connectivity index (χ4n) is 2.62. The maximum atomic E-state index is 9.92. The Bertz CT molecular complexity index is 331. The molecule has 0 saturated heterocycles. The molecule has 0 saturated carbocycles. The van der Waals surface area contributed by atoms with E-state index in [-0.39, 0.29) is 38.7 Å². The van der Waals surface area contributed by atoms with Gasteiger partial charge in [-0.15, -0.1) is 0 Å². The Morgan fingerprint density at radius 2 is 0.613 bits per heavy atom. The van der Waals surface area contributed by atoms with Crippen LogP contribution in [0.3, 0.4) is 0 Å². The van der Waals surface area contributed by atoms with Gasteiger partial charge in [-0.05, 0) is 38.5 Å². The summed E-state index contributed by atoms with van der Waals surface area (Å²) >= 11 is 0. The monoisotopic (exact) mass is 532 g/mol. The van der Waals surface area contributed by atoms with Crippen LogP contribution in [0.5, 0.6) is 0 Å². The van der Waals surface area contributed by atoms with E-state index in [9.17, 15) is 29.7 Å². The molecule has 0 aromatic carbocycles. The molecule has 0 fully saturated rings. The van der Waals surface area contributed by atoms with Gasteiger partial charge in [0.2, 0.25) is 0 Å². The molecule has 0 N–H and O–H groups in total. The number of hydrogen-bond acceptors (Lipinski definition) is 6. The molecule has 0 aromatic heterocycles. The second kappa shape index (κ2) is 33.7. The Morgan fingerprint density at radius 1 is 0.419 bits per heavy atom. The van der Waals surface area contributed by atoms with E-state index in [0.29, 0.717) is 0 Å². The van der Waals surface area contributed by atoms with Crippen molar-refractivity contribution >= 4 is 17.9 Å². The van der Waals surface area contributed by atoms with Crippen LogP contribution in [0.2, 0.25) is 0 Å². The third kappa shape index (κ3) is 52.9. The predicted molar refractivity (Wildman–Crippen MR) is 115 cm³/mol. The smallest absolute Gasteiger partial charge is 0.550 e. The molecule has 6 nitrogen and oxygen atoms in total. The van der Waals surface area contributed by atoms with Crippen LogP contribution in [-0.2, 0) is 33.9 Å². The van der Waals surface area contributed by atoms with Gasteiger partial charge in [-0.1, -0.05) is 97.8 Å². The summed E-state index contributed by atoms with van der Waals surface area (Å²) in [6.07, 6.45) is 16.8. The molecule has 0 aliphatic carbocycles. The summed E-state index contributed by atoms with van der Waals surface area (Å²) in [5.74, 6) is -2.76. The van der Waals surface area contributed by atoms with E-state index in [0.717, 1.165) is 57.8 Å². The van der Waals surface area contributed by atoms with Gasteiger partial charge in [-0.25, -0.2) is 0 Å². The van der Waals surface area contributed by atoms with Crippen molar-refractivity contribution in [2.75, 3.05) is 0 Å². The summed E-state index contributed by atoms with van der Waals surface area (Å²) in [6.45, 7) is 6.41. The number of carboxylic acids is 3. The van der Waals surface area contributed by atoms with Crippen molar-refractivity contribution in [1.29, 1.82) is 0 Å². The topological polar surface area (TPSA) is 120 Å². The van der Waals surface area contributed by atoms with E-state index in [1.807, 2.05) is 0 Å². The molecule has 7 heteroatoms. The van der Waals surface area contributed by atoms with Gasteiger partial charge < -0.3 is 29.7 Å². The second-order valence-corrected chi connectivity index (χ2v) is 7.61. The van der Waals surface area contributed by atoms with E-state index in [2.05, 4.69) is 20.8 Å². The van der Waals surface area contributed by atoms with Crippen molar-refractivity contribution in [2.24, 2.45) is 0 Å². The third-order valence-electron chi connectivity index (χ3n) is 4.45. The van der Waals surface area contributed by atoms with Crippen molar-refractivity contribution in [3.05, 3.63) is 0 Å². The molecule has 0 spiro atoms. The zero-order valence-electron chi connectivity index (χ0n) is 20.0. The largest absolute Gasteiger partial charge is 2.00 e. The van der Waals surface area contributed by atoms with Gasteiger partial charge in [0, 0.05) is 17.9 Å². The molecule has 0 amide bonds. The van der Waals surface area contributed by atoms with Crippen LogP contribution in [0.1, 0.15) is 136 Å². The summed E-state index contributed by atoms with van der Waals surface area (Å²) in [6, 6.07) is 0. The minimum atomic E-state index is -0.920. The molecule has 0 aliphatic rings. The molecule has 0 atom stereocenters. The number of unbranched alkanes of at least 4 members (excludes halogenated alkanes) is 12. The first-order chi connectivity index (χ1) is 14.3. The van der Waals surface area contributed by atoms with Gasteiger partial charge in [0.05, 0.1) is 0 Å². The number of rotatable bonds is 18. The van der Waals surface area contributed by atoms with Gasteiger partial charge >= 0.3 is 19.5 Å². The summed E-state index contributed by atoms with van der Waals surface area (Å²) in [5, 5.41) is 29.8. The van der Waals surface area contributed by atoms with E-state index in [1.54, 1.807) is 0 Å². The Balaban J connectivity index is -0.000000174. The molecule has 0 aliphatic heterocycles. The van der Waals surface area contributed by atoms with Crippen LogP contribution < -0.4 is 15.3 Å². The summed E-state index contributed by atoms with van der Waals surface area (Å²) in [5.41, 5.74) is 0. The first-order valence-corrected chi connectivity index (χ1v) is 11.9. The maximum absolute atomic E-state index is 9.92. The number of carboxylic acid groups (broad SMARTS) is 3. The van der Waals surface area contributed by atoms with Crippen molar-refractivity contribution in [3.8, 4) is 0 Å². The molecule has 31 heavy (non-hydrogen) atoms. The van der Waals surface area contributed by atoms with Crippen LogP contribution in [0, 0.1) is 0 Å². The third-order valence-corrected chi connectivity index (χ3v) is 4.45. The number of carbonyl (C=O) groups is 3. The van der Waals surface area contributed by atoms with Crippen molar-refractivity contribution in [1.82, 2.24) is 0 Å². The molecule has 0 heterocycles. The second-order valence-electron chi connectivity index (χ2n) is 7.61. The molecular formula is C24H45O6Rh-. The zero-order valence-corrected chi connectivity index (χ0v) is 21.6. The van der Waals surface area contributed by atoms with Gasteiger partial charge in [-0.2, -0.15) is 0 Å². The predicted octanol–water partition coefficient (Wildman–Crippen LogP) is 3.29. The first-order valence-electron chi connectivity index (χ1n) is 11.9. The fraction of sp³-hybridized carbons (Fsp3) is 0.875. The van der Waals surface area contributed by atoms with Crippen LogP contribution in [0.25, 0.3) is 0 Å². The molecule has 0 aromatic rings. The van der Waals surface area contributed by atoms with E-state index in [4.69, 9.17) is 0 Å². The quantitative estimate of drug-likeness (QED) is 0.197. The molecule has 0 unspecified atom stereocenters. The van der Waals surface area contributed by atoms with Gasteiger partial charge in [0.1, 0.15) is 0 Å². The summed E-state index contributed by atoms with van der Waals surface area (Å²) in [4.78, 5) is 29.8. The summed E-state index contributed by atoms with van der Waals surface area (Å²) in [7, 11) is 0. The van der Waals surface area contributed by atoms with Gasteiger partial charge in [0.15, 0.2) is 0 Å². The summed E-state index contributed by atoms with van der Waals surface area (Å²) < 4.78 is 0. The van der Waals surface area contributed by atoms with Gasteiger partial charge in [0.25, 0.3) is 0 Å². The average molecular weight is 533 g/mol. The molecule has 0 bridgehead atoms. The minimum Gasteiger partial charge on any atom is -0.550 e. The van der Waals surface area contributed by atoms with Crippen LogP contribution >= 0.6 is 0 Å². The number of carbonyl (C=O) groups excluding carboxylic acids is 3. The van der Waals surface area contributed by atoms with Crippen LogP contribution in [0.15, 0.2) is 0 Å². The molecule has 0 rings (SSSR count). The Hall–Kier alpha value is -0.967. The van der Waals surface area contributed by atoms with E-state index in [1.165, 1.54) is 38.5 Å². The number of hydrogen-bond donors (Lipinski definition) is 0.